The molecule has 3 aromatic carbocycles. The molecule has 0 unspecified atom stereocenters. The molecule has 1 saturated heterocycles. The van der Waals surface area contributed by atoms with Crippen molar-refractivity contribution in [1.82, 2.24) is 9.80 Å². The maximum absolute atomic E-state index is 13.8. The smallest absolute Gasteiger partial charge is 0.283 e. The van der Waals surface area contributed by atoms with Crippen molar-refractivity contribution in [2.75, 3.05) is 31.1 Å². The van der Waals surface area contributed by atoms with Gasteiger partial charge in [-0.15, -0.1) is 0 Å². The zero-order chi connectivity index (χ0) is 25.2. The number of anilines is 1. The lowest BCUT2D eigenvalue weighted by Crippen LogP contribution is -2.47. The van der Waals surface area contributed by atoms with Gasteiger partial charge in [0.05, 0.1) is 5.69 Å². The summed E-state index contributed by atoms with van der Waals surface area (Å²) in [6, 6.07) is 23.7. The fourth-order valence-electron chi connectivity index (χ4n) is 4.65. The number of amides is 2. The lowest BCUT2D eigenvalue weighted by Gasteiger charge is -2.36. The number of benzene rings is 3. The van der Waals surface area contributed by atoms with E-state index in [1.54, 1.807) is 18.2 Å². The second-order valence-electron chi connectivity index (χ2n) is 9.22. The van der Waals surface area contributed by atoms with Crippen molar-refractivity contribution < 1.29 is 9.59 Å². The summed E-state index contributed by atoms with van der Waals surface area (Å²) < 4.78 is 0. The number of hydrogen-bond acceptors (Lipinski definition) is 5. The summed E-state index contributed by atoms with van der Waals surface area (Å²) >= 11 is 7.52. The monoisotopic (exact) mass is 517 g/mol. The van der Waals surface area contributed by atoms with E-state index in [-0.39, 0.29) is 11.8 Å². The van der Waals surface area contributed by atoms with Crippen molar-refractivity contribution in [3.8, 4) is 0 Å². The van der Waals surface area contributed by atoms with E-state index in [0.29, 0.717) is 34.4 Å². The molecule has 0 aromatic heterocycles. The van der Waals surface area contributed by atoms with Crippen molar-refractivity contribution in [3.05, 3.63) is 105 Å². The van der Waals surface area contributed by atoms with Gasteiger partial charge in [-0.3, -0.25) is 14.5 Å². The average Bonchev–Trinajstić information content (AvgIpc) is 3.11. The Morgan fingerprint density at radius 3 is 2.19 bits per heavy atom. The number of thioether (sulfide) groups is 1. The summed E-state index contributed by atoms with van der Waals surface area (Å²) in [6.45, 7) is 7.80. The Morgan fingerprint density at radius 1 is 0.833 bits per heavy atom. The number of hydrogen-bond donors (Lipinski definition) is 0. The second kappa shape index (κ2) is 10.5. The largest absolute Gasteiger partial charge is 0.363 e. The van der Waals surface area contributed by atoms with Gasteiger partial charge in [-0.2, -0.15) is 0 Å². The fourth-order valence-corrected chi connectivity index (χ4v) is 5.88. The predicted molar refractivity (Wildman–Crippen MR) is 146 cm³/mol. The Hall–Kier alpha value is -3.06. The summed E-state index contributed by atoms with van der Waals surface area (Å²) in [6.07, 6.45) is 0. The maximum Gasteiger partial charge on any atom is 0.283 e. The van der Waals surface area contributed by atoms with Crippen LogP contribution in [-0.4, -0.2) is 47.8 Å². The maximum atomic E-state index is 13.8. The first kappa shape index (κ1) is 24.6. The van der Waals surface area contributed by atoms with E-state index in [1.807, 2.05) is 44.2 Å². The lowest BCUT2D eigenvalue weighted by molar-refractivity contribution is -0.121. The van der Waals surface area contributed by atoms with Gasteiger partial charge in [0, 0.05) is 42.6 Å². The second-order valence-corrected chi connectivity index (χ2v) is 10.7. The van der Waals surface area contributed by atoms with E-state index in [2.05, 4.69) is 34.1 Å². The molecule has 2 amide bonds. The summed E-state index contributed by atoms with van der Waals surface area (Å²) in [4.78, 5) is 34.8. The van der Waals surface area contributed by atoms with Gasteiger partial charge in [-0.25, -0.2) is 4.90 Å². The third-order valence-corrected chi connectivity index (χ3v) is 7.91. The normalized spacial score (nSPS) is 16.9. The SMILES string of the molecule is Cc1ccc(SC2=C(N3CCN(Cc4ccccc4)CC3)C(=O)N(c3ccc(Cl)cc3C)C2=O)cc1. The van der Waals surface area contributed by atoms with Crippen molar-refractivity contribution in [3.63, 3.8) is 0 Å². The molecule has 0 atom stereocenters. The number of piperazine rings is 1. The van der Waals surface area contributed by atoms with Crippen LogP contribution in [0.4, 0.5) is 5.69 Å². The van der Waals surface area contributed by atoms with Crippen molar-refractivity contribution in [2.24, 2.45) is 0 Å². The Labute approximate surface area is 221 Å². The van der Waals surface area contributed by atoms with Gasteiger partial charge in [0.25, 0.3) is 11.8 Å². The molecule has 0 radical (unpaired) electrons. The minimum Gasteiger partial charge on any atom is -0.363 e. The third kappa shape index (κ3) is 5.07. The highest BCUT2D eigenvalue weighted by Gasteiger charge is 2.43. The highest BCUT2D eigenvalue weighted by Crippen LogP contribution is 2.40. The Morgan fingerprint density at radius 2 is 1.53 bits per heavy atom. The van der Waals surface area contributed by atoms with Gasteiger partial charge in [0.15, 0.2) is 0 Å². The van der Waals surface area contributed by atoms with Crippen molar-refractivity contribution in [2.45, 2.75) is 25.3 Å². The van der Waals surface area contributed by atoms with Crippen molar-refractivity contribution >= 4 is 40.9 Å². The molecule has 0 N–H and O–H groups in total. The number of imide groups is 1. The molecular formula is C29H28ClN3O2S. The molecule has 2 aliphatic heterocycles. The van der Waals surface area contributed by atoms with Crippen LogP contribution >= 0.6 is 23.4 Å². The van der Waals surface area contributed by atoms with E-state index in [0.717, 1.165) is 35.7 Å². The first-order valence-corrected chi connectivity index (χ1v) is 13.2. The van der Waals surface area contributed by atoms with Crippen molar-refractivity contribution in [1.29, 1.82) is 0 Å². The number of halogens is 1. The van der Waals surface area contributed by atoms with Crippen LogP contribution in [-0.2, 0) is 16.1 Å². The van der Waals surface area contributed by atoms with Gasteiger partial charge < -0.3 is 4.90 Å². The van der Waals surface area contributed by atoms with Crippen LogP contribution in [0.15, 0.2) is 88.3 Å². The zero-order valence-electron chi connectivity index (χ0n) is 20.4. The van der Waals surface area contributed by atoms with Gasteiger partial charge in [0.2, 0.25) is 0 Å². The topological polar surface area (TPSA) is 43.9 Å². The molecule has 36 heavy (non-hydrogen) atoms. The molecule has 2 heterocycles. The zero-order valence-corrected chi connectivity index (χ0v) is 22.0. The predicted octanol–water partition coefficient (Wildman–Crippen LogP) is 5.65. The fraction of sp³-hybridized carbons (Fsp3) is 0.241. The van der Waals surface area contributed by atoms with E-state index < -0.39 is 0 Å². The van der Waals surface area contributed by atoms with Crippen LogP contribution in [0.5, 0.6) is 0 Å². The number of rotatable bonds is 6. The average molecular weight is 518 g/mol. The standard InChI is InChI=1S/C29H28ClN3O2S/c1-20-8-11-24(12-9-20)36-27-26(28(34)33(29(27)35)25-13-10-23(30)18-21(25)2)32-16-14-31(15-17-32)19-22-6-4-3-5-7-22/h3-13,18H,14-17,19H2,1-2H3. The summed E-state index contributed by atoms with van der Waals surface area (Å²) in [5.41, 5.74) is 4.29. The third-order valence-electron chi connectivity index (χ3n) is 6.60. The van der Waals surface area contributed by atoms with E-state index in [9.17, 15) is 9.59 Å². The lowest BCUT2D eigenvalue weighted by atomic mass is 10.2. The minimum absolute atomic E-state index is 0.267. The van der Waals surface area contributed by atoms with Gasteiger partial charge in [-0.05, 0) is 55.3 Å². The van der Waals surface area contributed by atoms with Crippen LogP contribution in [0.3, 0.4) is 0 Å². The number of nitrogens with zero attached hydrogens (tertiary/aromatic N) is 3. The van der Waals surface area contributed by atoms with E-state index in [4.69, 9.17) is 11.6 Å². The first-order valence-electron chi connectivity index (χ1n) is 12.1. The van der Waals surface area contributed by atoms with Gasteiger partial charge >= 0.3 is 0 Å². The molecule has 0 aliphatic carbocycles. The van der Waals surface area contributed by atoms with Crippen LogP contribution in [0.1, 0.15) is 16.7 Å². The summed E-state index contributed by atoms with van der Waals surface area (Å²) in [5, 5.41) is 0.576. The Balaban J connectivity index is 1.43. The first-order chi connectivity index (χ1) is 17.4. The molecule has 5 nitrogen and oxygen atoms in total. The van der Waals surface area contributed by atoms with Gasteiger partial charge in [-0.1, -0.05) is 71.4 Å². The molecule has 0 saturated carbocycles. The number of aryl methyl sites for hydroxylation is 2. The molecule has 7 heteroatoms. The molecule has 2 aliphatic rings. The van der Waals surface area contributed by atoms with Gasteiger partial charge in [0.1, 0.15) is 10.6 Å². The minimum atomic E-state index is -0.280. The summed E-state index contributed by atoms with van der Waals surface area (Å²) in [5.74, 6) is -0.547. The molecule has 184 valence electrons. The molecule has 5 rings (SSSR count). The number of carbonyl (C=O) groups is 2. The molecule has 1 fully saturated rings. The van der Waals surface area contributed by atoms with Crippen LogP contribution in [0.2, 0.25) is 5.02 Å². The quantitative estimate of drug-likeness (QED) is 0.395. The molecule has 3 aromatic rings. The highest BCUT2D eigenvalue weighted by molar-refractivity contribution is 8.04. The highest BCUT2D eigenvalue weighted by atomic mass is 35.5. The summed E-state index contributed by atoms with van der Waals surface area (Å²) in [7, 11) is 0. The number of carbonyl (C=O) groups excluding carboxylic acids is 2. The van der Waals surface area contributed by atoms with E-state index in [1.165, 1.54) is 22.2 Å². The molecule has 0 spiro atoms. The van der Waals surface area contributed by atoms with Crippen LogP contribution in [0.25, 0.3) is 0 Å². The Bertz CT molecular complexity index is 1320. The molecule has 0 bridgehead atoms. The molecular weight excluding hydrogens is 490 g/mol. The van der Waals surface area contributed by atoms with Crippen LogP contribution in [0, 0.1) is 13.8 Å². The Kier molecular flexibility index (Phi) is 7.19. The van der Waals surface area contributed by atoms with E-state index >= 15 is 0 Å². The van der Waals surface area contributed by atoms with Crippen LogP contribution < -0.4 is 4.90 Å².